The molecule has 78 valence electrons. The number of hydrogen-bond donors (Lipinski definition) is 1. The van der Waals surface area contributed by atoms with Crippen LogP contribution < -0.4 is 4.72 Å². The fourth-order valence-corrected chi connectivity index (χ4v) is 2.02. The molecule has 0 fully saturated rings. The van der Waals surface area contributed by atoms with Gasteiger partial charge < -0.3 is 0 Å². The molecule has 1 aromatic rings. The van der Waals surface area contributed by atoms with Gasteiger partial charge in [-0.25, -0.2) is 8.42 Å². The van der Waals surface area contributed by atoms with Gasteiger partial charge in [0, 0.05) is 4.47 Å². The van der Waals surface area contributed by atoms with E-state index in [1.54, 1.807) is 19.1 Å². The van der Waals surface area contributed by atoms with E-state index in [-0.39, 0.29) is 5.75 Å². The van der Waals surface area contributed by atoms with Crippen LogP contribution in [-0.4, -0.2) is 14.2 Å². The fraction of sp³-hybridized carbons (Fsp3) is 0.333. The summed E-state index contributed by atoms with van der Waals surface area (Å²) in [5.41, 5.74) is 1.52. The summed E-state index contributed by atoms with van der Waals surface area (Å²) in [4.78, 5) is 0. The van der Waals surface area contributed by atoms with Crippen molar-refractivity contribution in [2.45, 2.75) is 13.8 Å². The second kappa shape index (κ2) is 4.31. The summed E-state index contributed by atoms with van der Waals surface area (Å²) < 4.78 is 26.0. The van der Waals surface area contributed by atoms with Crippen molar-refractivity contribution in [2.75, 3.05) is 10.5 Å². The van der Waals surface area contributed by atoms with Gasteiger partial charge in [-0.3, -0.25) is 4.72 Å². The molecule has 0 heterocycles. The third-order valence-electron chi connectivity index (χ3n) is 1.91. The van der Waals surface area contributed by atoms with Crippen LogP contribution in [0, 0.1) is 6.92 Å². The number of halogens is 1. The van der Waals surface area contributed by atoms with Crippen LogP contribution in [-0.2, 0) is 10.0 Å². The van der Waals surface area contributed by atoms with Crippen molar-refractivity contribution >= 4 is 31.6 Å². The number of hydrogen-bond acceptors (Lipinski definition) is 2. The Kier molecular flexibility index (Phi) is 3.55. The molecule has 0 aliphatic heterocycles. The van der Waals surface area contributed by atoms with Crippen molar-refractivity contribution in [3.8, 4) is 0 Å². The molecule has 0 saturated carbocycles. The maximum Gasteiger partial charge on any atom is 0.232 e. The van der Waals surface area contributed by atoms with Gasteiger partial charge in [0.25, 0.3) is 0 Å². The van der Waals surface area contributed by atoms with Gasteiger partial charge in [-0.15, -0.1) is 0 Å². The summed E-state index contributed by atoms with van der Waals surface area (Å²) in [5, 5.41) is 0. The molecule has 14 heavy (non-hydrogen) atoms. The van der Waals surface area contributed by atoms with Crippen molar-refractivity contribution in [2.24, 2.45) is 0 Å². The van der Waals surface area contributed by atoms with Crippen LogP contribution in [0.5, 0.6) is 0 Å². The quantitative estimate of drug-likeness (QED) is 0.923. The maximum atomic E-state index is 11.3. The molecule has 0 aliphatic carbocycles. The zero-order chi connectivity index (χ0) is 10.8. The molecule has 1 N–H and O–H groups in total. The molecule has 0 bridgehead atoms. The lowest BCUT2D eigenvalue weighted by molar-refractivity contribution is 0.602. The van der Waals surface area contributed by atoms with Crippen LogP contribution in [0.4, 0.5) is 5.69 Å². The van der Waals surface area contributed by atoms with Crippen molar-refractivity contribution < 1.29 is 8.42 Å². The first-order valence-electron chi connectivity index (χ1n) is 4.22. The highest BCUT2D eigenvalue weighted by Crippen LogP contribution is 2.24. The minimum Gasteiger partial charge on any atom is -0.283 e. The van der Waals surface area contributed by atoms with Gasteiger partial charge in [0.05, 0.1) is 11.4 Å². The summed E-state index contributed by atoms with van der Waals surface area (Å²) in [7, 11) is -3.18. The number of nitrogens with one attached hydrogen (secondary N) is 1. The van der Waals surface area contributed by atoms with Crippen molar-refractivity contribution in [3.63, 3.8) is 0 Å². The van der Waals surface area contributed by atoms with Crippen LogP contribution in [0.1, 0.15) is 12.5 Å². The molecule has 0 aliphatic rings. The molecule has 1 rings (SSSR count). The Labute approximate surface area is 92.7 Å². The van der Waals surface area contributed by atoms with E-state index in [0.29, 0.717) is 5.69 Å². The van der Waals surface area contributed by atoms with E-state index in [1.807, 2.05) is 13.0 Å². The van der Waals surface area contributed by atoms with Gasteiger partial charge in [0.1, 0.15) is 0 Å². The predicted molar refractivity (Wildman–Crippen MR) is 62.0 cm³/mol. The van der Waals surface area contributed by atoms with Gasteiger partial charge in [0.15, 0.2) is 0 Å². The minimum atomic E-state index is -3.18. The number of rotatable bonds is 3. The Hall–Kier alpha value is -0.550. The van der Waals surface area contributed by atoms with E-state index in [0.717, 1.165) is 10.0 Å². The Morgan fingerprint density at radius 1 is 1.43 bits per heavy atom. The third-order valence-corrected chi connectivity index (χ3v) is 4.06. The average Bonchev–Trinajstić information content (AvgIpc) is 2.13. The normalized spacial score (nSPS) is 11.4. The molecular weight excluding hydrogens is 266 g/mol. The molecule has 3 nitrogen and oxygen atoms in total. The average molecular weight is 278 g/mol. The highest BCUT2D eigenvalue weighted by molar-refractivity contribution is 9.10. The largest absolute Gasteiger partial charge is 0.283 e. The van der Waals surface area contributed by atoms with Gasteiger partial charge >= 0.3 is 0 Å². The molecule has 0 spiro atoms. The maximum absolute atomic E-state index is 11.3. The standard InChI is InChI=1S/C9H12BrNO2S/c1-3-14(12,13)11-9-6-4-5-8(10)7(9)2/h4-6,11H,3H2,1-2H3. The highest BCUT2D eigenvalue weighted by Gasteiger charge is 2.09. The molecule has 0 unspecified atom stereocenters. The third kappa shape index (κ3) is 2.72. The van der Waals surface area contributed by atoms with Crippen LogP contribution in [0.25, 0.3) is 0 Å². The second-order valence-electron chi connectivity index (χ2n) is 2.92. The molecule has 0 amide bonds. The lowest BCUT2D eigenvalue weighted by Crippen LogP contribution is -2.15. The monoisotopic (exact) mass is 277 g/mol. The summed E-state index contributed by atoms with van der Waals surface area (Å²) in [6, 6.07) is 5.41. The summed E-state index contributed by atoms with van der Waals surface area (Å²) in [5.74, 6) is 0.0823. The highest BCUT2D eigenvalue weighted by atomic mass is 79.9. The fourth-order valence-electron chi connectivity index (χ4n) is 0.958. The summed E-state index contributed by atoms with van der Waals surface area (Å²) in [6.45, 7) is 3.47. The van der Waals surface area contributed by atoms with E-state index in [9.17, 15) is 8.42 Å². The number of benzene rings is 1. The second-order valence-corrected chi connectivity index (χ2v) is 5.78. The van der Waals surface area contributed by atoms with Gasteiger partial charge in [-0.05, 0) is 31.5 Å². The first-order valence-corrected chi connectivity index (χ1v) is 6.66. The van der Waals surface area contributed by atoms with Crippen LogP contribution in [0.3, 0.4) is 0 Å². The van der Waals surface area contributed by atoms with E-state index in [4.69, 9.17) is 0 Å². The van der Waals surface area contributed by atoms with E-state index in [1.165, 1.54) is 0 Å². The molecule has 0 radical (unpaired) electrons. The Bertz CT molecular complexity index is 428. The molecule has 1 aromatic carbocycles. The zero-order valence-electron chi connectivity index (χ0n) is 8.04. The number of sulfonamides is 1. The predicted octanol–water partition coefficient (Wildman–Crippen LogP) is 2.52. The molecule has 0 saturated heterocycles. The first kappa shape index (κ1) is 11.5. The SMILES string of the molecule is CCS(=O)(=O)Nc1cccc(Br)c1C. The Balaban J connectivity index is 3.05. The Morgan fingerprint density at radius 2 is 2.07 bits per heavy atom. The summed E-state index contributed by atoms with van der Waals surface area (Å²) in [6.07, 6.45) is 0. The van der Waals surface area contributed by atoms with Crippen molar-refractivity contribution in [1.82, 2.24) is 0 Å². The smallest absolute Gasteiger partial charge is 0.232 e. The molecule has 0 aromatic heterocycles. The Morgan fingerprint density at radius 3 is 2.64 bits per heavy atom. The zero-order valence-corrected chi connectivity index (χ0v) is 10.4. The first-order chi connectivity index (χ1) is 6.46. The minimum absolute atomic E-state index is 0.0823. The van der Waals surface area contributed by atoms with Gasteiger partial charge in [0.2, 0.25) is 10.0 Å². The van der Waals surface area contributed by atoms with Crippen LogP contribution >= 0.6 is 15.9 Å². The topological polar surface area (TPSA) is 46.2 Å². The molecular formula is C9H12BrNO2S. The molecule has 0 atom stereocenters. The van der Waals surface area contributed by atoms with Crippen molar-refractivity contribution in [3.05, 3.63) is 28.2 Å². The number of anilines is 1. The summed E-state index contributed by atoms with van der Waals surface area (Å²) >= 11 is 3.34. The van der Waals surface area contributed by atoms with Crippen molar-refractivity contribution in [1.29, 1.82) is 0 Å². The van der Waals surface area contributed by atoms with E-state index >= 15 is 0 Å². The van der Waals surface area contributed by atoms with Crippen LogP contribution in [0.15, 0.2) is 22.7 Å². The van der Waals surface area contributed by atoms with Gasteiger partial charge in [-0.2, -0.15) is 0 Å². The van der Waals surface area contributed by atoms with Gasteiger partial charge in [-0.1, -0.05) is 22.0 Å². The lowest BCUT2D eigenvalue weighted by atomic mass is 10.2. The van der Waals surface area contributed by atoms with E-state index in [2.05, 4.69) is 20.7 Å². The molecule has 5 heteroatoms. The van der Waals surface area contributed by atoms with Crippen LogP contribution in [0.2, 0.25) is 0 Å². The lowest BCUT2D eigenvalue weighted by Gasteiger charge is -2.09. The van der Waals surface area contributed by atoms with E-state index < -0.39 is 10.0 Å².